The normalized spacial score (nSPS) is 19.8. The zero-order valence-corrected chi connectivity index (χ0v) is 27.2. The largest absolute Gasteiger partial charge is 0.474 e. The molecule has 2 aliphatic heterocycles. The number of aromatic amines is 1. The van der Waals surface area contributed by atoms with Crippen LogP contribution >= 0.6 is 0 Å². The van der Waals surface area contributed by atoms with Crippen LogP contribution in [0.5, 0.6) is 5.88 Å². The molecule has 4 aromatic rings. The summed E-state index contributed by atoms with van der Waals surface area (Å²) < 4.78 is 28.2. The number of nitrogens with one attached hydrogen (secondary N) is 1. The number of alkyl halides is 1. The minimum Gasteiger partial charge on any atom is -0.474 e. The first-order valence-corrected chi connectivity index (χ1v) is 16.3. The van der Waals surface area contributed by atoms with Crippen LogP contribution in [0.25, 0.3) is 22.2 Å². The number of aromatic nitrogens is 3. The van der Waals surface area contributed by atoms with E-state index >= 15 is 4.39 Å². The molecule has 0 bridgehead atoms. The number of aryl methyl sites for hydroxylation is 1. The van der Waals surface area contributed by atoms with Crippen LogP contribution in [0.3, 0.4) is 0 Å². The summed E-state index contributed by atoms with van der Waals surface area (Å²) in [5, 5.41) is 5.66. The van der Waals surface area contributed by atoms with Crippen molar-refractivity contribution in [1.29, 1.82) is 0 Å². The number of fused-ring (bicyclic) bond motifs is 1. The highest BCUT2D eigenvalue weighted by Gasteiger charge is 2.35. The Hall–Kier alpha value is -4.18. The Morgan fingerprint density at radius 1 is 1.02 bits per heavy atom. The number of carbonyl (C=O) groups excluding carboxylic acids is 1. The molecule has 0 spiro atoms. The van der Waals surface area contributed by atoms with E-state index in [1.807, 2.05) is 62.8 Å². The number of carbonyl (C=O) groups is 1. The molecule has 4 heterocycles. The molecule has 1 N–H and O–H groups in total. The summed E-state index contributed by atoms with van der Waals surface area (Å²) >= 11 is 0. The van der Waals surface area contributed by atoms with Crippen LogP contribution < -0.4 is 10.3 Å². The number of H-pyrrole nitrogens is 1. The van der Waals surface area contributed by atoms with Gasteiger partial charge in [-0.15, -0.1) is 0 Å². The monoisotopic (exact) mass is 629 g/mol. The number of piperidine rings is 2. The number of amides is 1. The van der Waals surface area contributed by atoms with E-state index in [2.05, 4.69) is 28.1 Å². The number of nitrogens with zero attached hydrogens (tertiary/aromatic N) is 4. The molecule has 10 heteroatoms. The molecule has 2 atom stereocenters. The summed E-state index contributed by atoms with van der Waals surface area (Å²) in [6.07, 6.45) is 1.15. The number of hydrogen-bond donors (Lipinski definition) is 1. The highest BCUT2D eigenvalue weighted by molar-refractivity contribution is 5.93. The fourth-order valence-corrected chi connectivity index (χ4v) is 6.62. The second kappa shape index (κ2) is 13.3. The van der Waals surface area contributed by atoms with Crippen LogP contribution in [0, 0.1) is 5.92 Å². The molecule has 9 nitrogen and oxygen atoms in total. The number of ether oxygens (including phenoxy) is 2. The zero-order valence-electron chi connectivity index (χ0n) is 27.2. The fraction of sp³-hybridized carbons (Fsp3) is 0.472. The van der Waals surface area contributed by atoms with Crippen molar-refractivity contribution in [3.63, 3.8) is 0 Å². The lowest BCUT2D eigenvalue weighted by atomic mass is 9.87. The summed E-state index contributed by atoms with van der Waals surface area (Å²) in [6, 6.07) is 19.8. The van der Waals surface area contributed by atoms with Gasteiger partial charge in [0.05, 0.1) is 17.6 Å². The number of benzene rings is 2. The van der Waals surface area contributed by atoms with E-state index < -0.39 is 17.9 Å². The van der Waals surface area contributed by atoms with Gasteiger partial charge < -0.3 is 19.3 Å². The molecular weight excluding hydrogens is 585 g/mol. The van der Waals surface area contributed by atoms with Crippen LogP contribution in [0.2, 0.25) is 0 Å². The van der Waals surface area contributed by atoms with E-state index in [4.69, 9.17) is 14.6 Å². The molecule has 244 valence electrons. The molecule has 2 aliphatic rings. The van der Waals surface area contributed by atoms with Gasteiger partial charge in [0.25, 0.3) is 5.56 Å². The molecule has 2 aromatic carbocycles. The van der Waals surface area contributed by atoms with Gasteiger partial charge in [-0.25, -0.2) is 9.18 Å². The Labute approximate surface area is 269 Å². The second-order valence-corrected chi connectivity index (χ2v) is 13.7. The molecule has 46 heavy (non-hydrogen) atoms. The topological polar surface area (TPSA) is 92.7 Å². The number of likely N-dealkylation sites (tertiary alicyclic amines) is 2. The van der Waals surface area contributed by atoms with Gasteiger partial charge in [-0.3, -0.25) is 14.5 Å². The van der Waals surface area contributed by atoms with Gasteiger partial charge >= 0.3 is 6.09 Å². The molecule has 2 saturated heterocycles. The van der Waals surface area contributed by atoms with Crippen molar-refractivity contribution in [3.8, 4) is 17.1 Å². The van der Waals surface area contributed by atoms with Crippen molar-refractivity contribution < 1.29 is 18.7 Å². The lowest BCUT2D eigenvalue weighted by molar-refractivity contribution is 0.000721. The van der Waals surface area contributed by atoms with Crippen LogP contribution in [-0.2, 0) is 18.4 Å². The van der Waals surface area contributed by atoms with Crippen LogP contribution in [0.15, 0.2) is 65.5 Å². The molecule has 2 aromatic heterocycles. The summed E-state index contributed by atoms with van der Waals surface area (Å²) in [5.41, 5.74) is 3.58. The zero-order chi connectivity index (χ0) is 32.4. The number of halogens is 1. The third-order valence-corrected chi connectivity index (χ3v) is 9.13. The number of rotatable bonds is 7. The van der Waals surface area contributed by atoms with Crippen LogP contribution in [-0.4, -0.2) is 75.2 Å². The Kier molecular flexibility index (Phi) is 9.18. The molecule has 0 saturated carbocycles. The maximum absolute atomic E-state index is 15.1. The van der Waals surface area contributed by atoms with Crippen molar-refractivity contribution in [1.82, 2.24) is 24.6 Å². The van der Waals surface area contributed by atoms with E-state index in [9.17, 15) is 9.59 Å². The lowest BCUT2D eigenvalue weighted by Crippen LogP contribution is -2.50. The first-order valence-electron chi connectivity index (χ1n) is 16.3. The Bertz CT molecular complexity index is 1720. The third kappa shape index (κ3) is 7.28. The highest BCUT2D eigenvalue weighted by Crippen LogP contribution is 2.34. The van der Waals surface area contributed by atoms with Gasteiger partial charge in [-0.2, -0.15) is 5.10 Å². The minimum atomic E-state index is -1.05. The van der Waals surface area contributed by atoms with Gasteiger partial charge in [0.1, 0.15) is 24.1 Å². The van der Waals surface area contributed by atoms with Gasteiger partial charge in [-0.05, 0) is 88.4 Å². The number of pyridine rings is 1. The first-order chi connectivity index (χ1) is 22.0. The van der Waals surface area contributed by atoms with Crippen molar-refractivity contribution >= 4 is 17.0 Å². The van der Waals surface area contributed by atoms with Gasteiger partial charge in [0.2, 0.25) is 0 Å². The first kappa shape index (κ1) is 31.8. The Morgan fingerprint density at radius 2 is 1.78 bits per heavy atom. The van der Waals surface area contributed by atoms with Gasteiger partial charge in [0.15, 0.2) is 5.88 Å². The average molecular weight is 630 g/mol. The minimum absolute atomic E-state index is 0.0768. The van der Waals surface area contributed by atoms with Gasteiger partial charge in [-0.1, -0.05) is 42.5 Å². The molecule has 1 amide bonds. The summed E-state index contributed by atoms with van der Waals surface area (Å²) in [7, 11) is 1.91. The van der Waals surface area contributed by atoms with Crippen molar-refractivity contribution in [2.24, 2.45) is 13.0 Å². The summed E-state index contributed by atoms with van der Waals surface area (Å²) in [5.74, 6) is 0.741. The second-order valence-electron chi connectivity index (χ2n) is 13.7. The molecule has 0 radical (unpaired) electrons. The van der Waals surface area contributed by atoms with Gasteiger partial charge in [0, 0.05) is 31.4 Å². The highest BCUT2D eigenvalue weighted by atomic mass is 19.1. The van der Waals surface area contributed by atoms with E-state index in [1.54, 1.807) is 12.1 Å². The van der Waals surface area contributed by atoms with E-state index in [0.29, 0.717) is 49.2 Å². The van der Waals surface area contributed by atoms with E-state index in [-0.39, 0.29) is 18.0 Å². The van der Waals surface area contributed by atoms with Crippen LogP contribution in [0.1, 0.15) is 57.1 Å². The van der Waals surface area contributed by atoms with E-state index in [1.165, 1.54) is 10.5 Å². The number of hydrogen-bond acceptors (Lipinski definition) is 6. The Morgan fingerprint density at radius 3 is 2.48 bits per heavy atom. The summed E-state index contributed by atoms with van der Waals surface area (Å²) in [6.45, 7) is 9.01. The molecular formula is C36H44FN5O4. The fourth-order valence-electron chi connectivity index (χ4n) is 6.62. The molecule has 0 aliphatic carbocycles. The van der Waals surface area contributed by atoms with E-state index in [0.717, 1.165) is 42.4 Å². The SMILES string of the molecule is Cn1nc(-c2ccc(OCc3ccccc3)[nH]c2=O)c2ccc(C3CCN(C[C@H]4CCN(C(=O)OC(C)(C)C)C[C@H]4F)CC3)cc21. The smallest absolute Gasteiger partial charge is 0.410 e. The van der Waals surface area contributed by atoms with Crippen LogP contribution in [0.4, 0.5) is 9.18 Å². The quantitative estimate of drug-likeness (QED) is 0.259. The van der Waals surface area contributed by atoms with Crippen molar-refractivity contribution in [3.05, 3.63) is 82.1 Å². The standard InChI is InChI=1S/C36H44FN5O4/c1-36(2,3)46-35(44)42-19-16-27(30(37)22-42)21-41-17-14-25(15-18-41)26-10-11-28-31(20-26)40(4)39-33(28)29-12-13-32(38-34(29)43)45-23-24-8-6-5-7-9-24/h5-13,20,25,27,30H,14-19,21-23H2,1-4H3,(H,38,43)/t27-,30-/m1/s1. The van der Waals surface area contributed by atoms with Crippen molar-refractivity contribution in [2.75, 3.05) is 32.7 Å². The van der Waals surface area contributed by atoms with Crippen molar-refractivity contribution in [2.45, 2.75) is 64.3 Å². The molecule has 6 rings (SSSR count). The molecule has 0 unspecified atom stereocenters. The predicted molar refractivity (Wildman–Crippen MR) is 177 cm³/mol. The molecule has 2 fully saturated rings. The summed E-state index contributed by atoms with van der Waals surface area (Å²) in [4.78, 5) is 32.2. The maximum Gasteiger partial charge on any atom is 0.410 e. The maximum atomic E-state index is 15.1. The average Bonchev–Trinajstić information content (AvgIpc) is 3.36. The lowest BCUT2D eigenvalue weighted by Gasteiger charge is -2.39. The predicted octanol–water partition coefficient (Wildman–Crippen LogP) is 6.28. The Balaban J connectivity index is 1.06. The third-order valence-electron chi connectivity index (χ3n) is 9.13.